The molecule has 24 rings (SSSR count). The third-order valence-electron chi connectivity index (χ3n) is 24.5. The summed E-state index contributed by atoms with van der Waals surface area (Å²) in [7, 11) is -3.85. The van der Waals surface area contributed by atoms with E-state index in [-0.39, 0.29) is 47.6 Å². The first kappa shape index (κ1) is 95.3. The zero-order chi connectivity index (χ0) is 95.9. The Labute approximate surface area is 829 Å². The number of fused-ring (bicyclic) bond motifs is 6. The fourth-order valence-electron chi connectivity index (χ4n) is 18.0. The predicted molar refractivity (Wildman–Crippen MR) is 556 cm³/mol. The van der Waals surface area contributed by atoms with Crippen LogP contribution in [0.5, 0.6) is 11.5 Å². The molecular formula is C109H95Cl2N23O7S. The van der Waals surface area contributed by atoms with Crippen LogP contribution in [0.4, 0.5) is 32.5 Å². The van der Waals surface area contributed by atoms with E-state index >= 15 is 0 Å². The molecule has 18 heterocycles. The number of pyridine rings is 9. The van der Waals surface area contributed by atoms with Crippen molar-refractivity contribution < 1.29 is 32.3 Å². The highest BCUT2D eigenvalue weighted by molar-refractivity contribution is 7.89. The van der Waals surface area contributed by atoms with Crippen molar-refractivity contribution in [2.75, 3.05) is 41.4 Å². The van der Waals surface area contributed by atoms with E-state index in [9.17, 15) is 22.8 Å². The summed E-state index contributed by atoms with van der Waals surface area (Å²) in [5.74, 6) is 2.46. The van der Waals surface area contributed by atoms with Gasteiger partial charge in [0, 0.05) is 190 Å². The van der Waals surface area contributed by atoms with Crippen LogP contribution in [0.25, 0.3) is 134 Å². The van der Waals surface area contributed by atoms with Gasteiger partial charge in [0.1, 0.15) is 46.0 Å². The number of halogens is 2. The molecule has 33 heteroatoms. The van der Waals surface area contributed by atoms with Crippen LogP contribution in [-0.2, 0) is 47.1 Å². The minimum absolute atomic E-state index is 0. The standard InChI is InChI=1S/C26H21N5O.C23H20N6O.C23H19N5O2.C19H15N3.C18H18N4O3S.2ClH/c1-16-5-3-8-22(29-16)26-25(20-9-10-21-23(15-20)28-12-11-27-21)30-24(31-26)14-18-6-4-7-19(13-18)17(2)32;30-23-26-11-13-28(23)15-6-7-16-17(8-10-25-19(16)14-15)21-20-5-3-12-29(20)27-22(21)18-4-1-2-9-24-18;29-23-27(12-13-30-23)15-6-7-16-17(8-10-25-19(16)14-15)21-20-5-3-11-28(20)26-22(21)18-4-1-2-9-24-18;1-13-5-4-8-19(22-13)17-12-20-11-16(17)14-9-10-21-18-7-3-2-6-15(14)18;1-12-7-8-16(13(2)21-12)25-14-9-10-20-18(11-14)22-15-5-3-4-6-17(15)26(19,23)24;;/h3-13,15H,14H2,1-2H3,(H,30,31);1-2,4,6-10,14H,3,5,11-13H2,(H,26,30);1-2,4,6-10,14H,3,5,11-13H2;2-12,20H,1H3;3-11H,1-2H3,(H,20,22)(H2,19,23,24);2*1H. The van der Waals surface area contributed by atoms with E-state index in [1.165, 1.54) is 23.0 Å². The Hall–Kier alpha value is -17.0. The number of urea groups is 1. The van der Waals surface area contributed by atoms with Gasteiger partial charge in [0.05, 0.1) is 79.7 Å². The van der Waals surface area contributed by atoms with Crippen LogP contribution in [0.3, 0.4) is 0 Å². The summed E-state index contributed by atoms with van der Waals surface area (Å²) >= 11 is 0. The third kappa shape index (κ3) is 20.6. The van der Waals surface area contributed by atoms with Crippen LogP contribution in [0.15, 0.2) is 310 Å². The number of carbonyl (C=O) groups excluding carboxylic acids is 3. The number of rotatable bonds is 18. The second-order valence-electron chi connectivity index (χ2n) is 34.0. The van der Waals surface area contributed by atoms with Crippen molar-refractivity contribution in [3.8, 4) is 102 Å². The van der Waals surface area contributed by atoms with Gasteiger partial charge in [0.2, 0.25) is 10.0 Å². The molecule has 0 radical (unpaired) electrons. The number of amides is 3. The Morgan fingerprint density at radius 3 is 1.71 bits per heavy atom. The quantitative estimate of drug-likeness (QED) is 0.0498. The molecular weight excluding hydrogens is 1850 g/mol. The summed E-state index contributed by atoms with van der Waals surface area (Å²) < 4.78 is 38.6. The minimum atomic E-state index is -3.85. The number of nitrogens with zero attached hydrogens (tertiary/aromatic N) is 18. The molecule has 14 aromatic heterocycles. The molecule has 0 aliphatic carbocycles. The number of nitrogens with two attached hydrogens (primary N) is 1. The number of benzene rings is 6. The van der Waals surface area contributed by atoms with Crippen molar-refractivity contribution >= 4 is 119 Å². The van der Waals surface area contributed by atoms with E-state index in [4.69, 9.17) is 34.8 Å². The predicted octanol–water partition coefficient (Wildman–Crippen LogP) is 21.6. The highest BCUT2D eigenvalue weighted by atomic mass is 35.5. The van der Waals surface area contributed by atoms with Crippen LogP contribution in [0.1, 0.15) is 75.7 Å². The highest BCUT2D eigenvalue weighted by Gasteiger charge is 2.31. The van der Waals surface area contributed by atoms with Gasteiger partial charge in [0.15, 0.2) is 5.78 Å². The number of anilines is 4. The number of primary sulfonamides is 1. The number of para-hydroxylation sites is 2. The summed E-state index contributed by atoms with van der Waals surface area (Å²) in [6.07, 6.45) is 22.6. The largest absolute Gasteiger partial charge is 0.455 e. The maximum absolute atomic E-state index is 12.1. The number of ether oxygens (including phenoxy) is 2. The first-order valence-electron chi connectivity index (χ1n) is 45.9. The maximum atomic E-state index is 12.1. The van der Waals surface area contributed by atoms with Crippen LogP contribution < -0.4 is 30.3 Å². The molecule has 2 fully saturated rings. The molecule has 0 saturated carbocycles. The lowest BCUT2D eigenvalue weighted by molar-refractivity contribution is 0.101. The Bertz CT molecular complexity index is 8040. The molecule has 20 aromatic rings. The number of ketones is 1. The number of imidazole rings is 1. The van der Waals surface area contributed by atoms with E-state index in [0.717, 1.165) is 213 Å². The van der Waals surface area contributed by atoms with Crippen molar-refractivity contribution in [2.24, 2.45) is 5.14 Å². The highest BCUT2D eigenvalue weighted by Crippen LogP contribution is 2.44. The number of hydrogen-bond acceptors (Lipinski definition) is 22. The molecule has 142 heavy (non-hydrogen) atoms. The number of nitrogens with one attached hydrogen (secondary N) is 4. The van der Waals surface area contributed by atoms with Gasteiger partial charge in [-0.25, -0.2) is 33.1 Å². The smallest absolute Gasteiger partial charge is 0.414 e. The number of carbonyl (C=O) groups is 3. The lowest BCUT2D eigenvalue weighted by Gasteiger charge is -2.15. The number of aryl methyl sites for hydroxylation is 6. The van der Waals surface area contributed by atoms with Gasteiger partial charge in [-0.3, -0.25) is 73.8 Å². The topological polar surface area (TPSA) is 382 Å². The summed E-state index contributed by atoms with van der Waals surface area (Å²) in [6, 6.07) is 77.3. The summed E-state index contributed by atoms with van der Waals surface area (Å²) in [4.78, 5) is 100. The number of aromatic amines is 2. The van der Waals surface area contributed by atoms with Gasteiger partial charge in [-0.1, -0.05) is 91.0 Å². The molecule has 4 aliphatic rings. The van der Waals surface area contributed by atoms with Crippen molar-refractivity contribution in [2.45, 2.75) is 84.7 Å². The van der Waals surface area contributed by atoms with Gasteiger partial charge >= 0.3 is 12.1 Å². The summed E-state index contributed by atoms with van der Waals surface area (Å²) in [5, 5.41) is 24.1. The SMILES string of the molecule is CC(=O)c1cccc(Cc2nc(-c3ccc4nccnc4c3)c(-c3cccc(C)n3)[nH]2)c1.Cc1ccc(Oc2ccnc(Nc3ccccc3S(N)(=O)=O)c2)c(C)n1.Cc1cccc(-c2c[nH]cc2-c2ccnc3ccccc23)n1.Cl.Cl.O=C1NCCN1c1ccc2c(-c3c(-c4ccccn4)nn4c3CCC4)ccnc2c1.O=C1OCCN1c1ccc2c(-c3c(-c4ccccn4)nn4c3CCC4)ccnc2c1. The summed E-state index contributed by atoms with van der Waals surface area (Å²) in [5.41, 5.74) is 30.1. The van der Waals surface area contributed by atoms with Crippen molar-refractivity contribution in [1.29, 1.82) is 0 Å². The second-order valence-corrected chi connectivity index (χ2v) is 35.5. The van der Waals surface area contributed by atoms with E-state index in [1.54, 1.807) is 71.8 Å². The van der Waals surface area contributed by atoms with E-state index in [2.05, 4.69) is 110 Å². The molecule has 6 aromatic carbocycles. The second kappa shape index (κ2) is 42.1. The zero-order valence-corrected chi connectivity index (χ0v) is 80.3. The molecule has 30 nitrogen and oxygen atoms in total. The van der Waals surface area contributed by atoms with Crippen LogP contribution in [-0.4, -0.2) is 142 Å². The number of aromatic nitrogens is 18. The third-order valence-corrected chi connectivity index (χ3v) is 25.5. The number of hydrogen-bond donors (Lipinski definition) is 5. The molecule has 708 valence electrons. The molecule has 6 N–H and O–H groups in total. The van der Waals surface area contributed by atoms with Gasteiger partial charge in [0.25, 0.3) is 0 Å². The lowest BCUT2D eigenvalue weighted by atomic mass is 9.96. The minimum Gasteiger partial charge on any atom is -0.455 e. The van der Waals surface area contributed by atoms with Gasteiger partial charge in [-0.15, -0.1) is 24.8 Å². The monoisotopic (exact) mass is 1940 g/mol. The zero-order valence-electron chi connectivity index (χ0n) is 77.9. The maximum Gasteiger partial charge on any atom is 0.414 e. The van der Waals surface area contributed by atoms with Crippen molar-refractivity contribution in [1.82, 2.24) is 94.7 Å². The lowest BCUT2D eigenvalue weighted by Crippen LogP contribution is -2.27. The van der Waals surface area contributed by atoms with E-state index in [0.29, 0.717) is 61.2 Å². The number of Topliss-reactive ketones (excluding diaryl/α,β-unsaturated/α-hetero) is 1. The molecule has 0 atom stereocenters. The molecule has 0 bridgehead atoms. The average molecular weight is 1940 g/mol. The molecule has 4 aliphatic heterocycles. The first-order chi connectivity index (χ1) is 68.3. The normalized spacial score (nSPS) is 12.8. The van der Waals surface area contributed by atoms with Crippen LogP contribution in [0.2, 0.25) is 0 Å². The Balaban J connectivity index is 0.000000117. The number of H-pyrrole nitrogens is 2. The van der Waals surface area contributed by atoms with Gasteiger partial charge in [-0.2, -0.15) is 10.2 Å². The summed E-state index contributed by atoms with van der Waals surface area (Å²) in [6.45, 7) is 13.5. The fraction of sp³-hybridized carbons (Fsp3) is 0.147. The number of sulfonamides is 1. The van der Waals surface area contributed by atoms with E-state index < -0.39 is 10.0 Å². The van der Waals surface area contributed by atoms with Crippen LogP contribution >= 0.6 is 24.8 Å². The van der Waals surface area contributed by atoms with E-state index in [1.807, 2.05) is 241 Å². The molecule has 3 amide bonds. The van der Waals surface area contributed by atoms with Crippen molar-refractivity contribution in [3.05, 3.63) is 356 Å². The molecule has 2 saturated heterocycles. The number of cyclic esters (lactones) is 1. The Morgan fingerprint density at radius 2 is 1.07 bits per heavy atom. The van der Waals surface area contributed by atoms with Crippen LogP contribution in [0, 0.1) is 27.7 Å². The Morgan fingerprint density at radius 1 is 0.479 bits per heavy atom. The fourth-order valence-corrected chi connectivity index (χ4v) is 18.7. The first-order valence-corrected chi connectivity index (χ1v) is 47.4. The molecule has 0 unspecified atom stereocenters. The van der Waals surface area contributed by atoms with Gasteiger partial charge < -0.3 is 30.1 Å². The van der Waals surface area contributed by atoms with Crippen molar-refractivity contribution in [3.63, 3.8) is 0 Å². The van der Waals surface area contributed by atoms with Gasteiger partial charge in [-0.05, 0) is 228 Å². The molecule has 0 spiro atoms. The Kier molecular flexibility index (Phi) is 28.3. The average Bonchev–Trinajstić information content (AvgIpc) is 1.59.